The predicted molar refractivity (Wildman–Crippen MR) is 172 cm³/mol. The first kappa shape index (κ1) is 32.9. The molecule has 2 bridgehead atoms. The number of carbonyl (C=O) groups is 4. The number of carboxylic acid groups (broad SMARTS) is 1. The number of carbonyl (C=O) groups excluding carboxylic acids is 3. The number of likely N-dealkylation sites (tertiary alicyclic amines) is 1. The molecular weight excluding hydrogens is 739 g/mol. The summed E-state index contributed by atoms with van der Waals surface area (Å²) in [6.45, 7) is -0.552. The Bertz CT molecular complexity index is 1900. The zero-order valence-corrected chi connectivity index (χ0v) is 28.0. The molecule has 1 aromatic heterocycles. The summed E-state index contributed by atoms with van der Waals surface area (Å²) in [7, 11) is 0. The number of ether oxygens (including phenoxy) is 1. The highest BCUT2D eigenvalue weighted by molar-refractivity contribution is 9.10. The maximum atomic E-state index is 13.7. The number of amides is 3. The van der Waals surface area contributed by atoms with Crippen molar-refractivity contribution in [1.29, 1.82) is 0 Å². The van der Waals surface area contributed by atoms with Crippen LogP contribution in [0.15, 0.2) is 56.8 Å². The third kappa shape index (κ3) is 5.64. The van der Waals surface area contributed by atoms with Crippen molar-refractivity contribution in [1.82, 2.24) is 9.88 Å². The molecule has 2 aliphatic carbocycles. The highest BCUT2D eigenvalue weighted by Gasteiger charge is 2.69. The molecular formula is C32H27BrF3N3O7S2. The van der Waals surface area contributed by atoms with Crippen molar-refractivity contribution in [3.8, 4) is 5.75 Å². The Morgan fingerprint density at radius 3 is 2.54 bits per heavy atom. The molecule has 0 spiro atoms. The molecule has 3 amide bonds. The highest BCUT2D eigenvalue weighted by atomic mass is 79.9. The fourth-order valence-corrected chi connectivity index (χ4v) is 11.4. The number of para-hydroxylation sites is 1. The predicted octanol–water partition coefficient (Wildman–Crippen LogP) is 5.57. The van der Waals surface area contributed by atoms with Crippen LogP contribution in [0.2, 0.25) is 0 Å². The van der Waals surface area contributed by atoms with E-state index in [1.54, 1.807) is 12.1 Å². The molecule has 0 radical (unpaired) electrons. The minimum atomic E-state index is -4.67. The number of hydrogen-bond donors (Lipinski definition) is 3. The number of carboxylic acids is 1. The Morgan fingerprint density at radius 2 is 1.81 bits per heavy atom. The zero-order valence-electron chi connectivity index (χ0n) is 24.8. The molecule has 3 heterocycles. The van der Waals surface area contributed by atoms with Crippen molar-refractivity contribution in [3.05, 3.63) is 72.6 Å². The van der Waals surface area contributed by atoms with E-state index in [2.05, 4.69) is 26.2 Å². The lowest BCUT2D eigenvalue weighted by Gasteiger charge is -2.43. The molecule has 3 aromatic rings. The van der Waals surface area contributed by atoms with Gasteiger partial charge in [-0.2, -0.15) is 13.2 Å². The van der Waals surface area contributed by atoms with Crippen molar-refractivity contribution in [3.63, 3.8) is 0 Å². The summed E-state index contributed by atoms with van der Waals surface area (Å²) in [5, 5.41) is 11.9. The Hall–Kier alpha value is -3.63. The molecule has 16 heteroatoms. The average Bonchev–Trinajstić information content (AvgIpc) is 3.76. The van der Waals surface area contributed by atoms with Gasteiger partial charge in [0.2, 0.25) is 11.8 Å². The van der Waals surface area contributed by atoms with Crippen LogP contribution in [-0.2, 0) is 25.4 Å². The molecule has 4 aliphatic rings. The van der Waals surface area contributed by atoms with E-state index in [4.69, 9.17) is 9.84 Å². The molecule has 7 rings (SSSR count). The molecule has 3 N–H and O–H groups in total. The van der Waals surface area contributed by atoms with Crippen LogP contribution in [0.1, 0.15) is 41.2 Å². The summed E-state index contributed by atoms with van der Waals surface area (Å²) < 4.78 is 47.2. The van der Waals surface area contributed by atoms with E-state index in [0.29, 0.717) is 27.2 Å². The lowest BCUT2D eigenvalue weighted by molar-refractivity contribution is -0.143. The largest absolute Gasteiger partial charge is 0.483 e. The topological polar surface area (TPSA) is 146 Å². The van der Waals surface area contributed by atoms with Crippen LogP contribution < -0.4 is 14.9 Å². The second kappa shape index (κ2) is 12.4. The van der Waals surface area contributed by atoms with Crippen molar-refractivity contribution in [2.45, 2.75) is 41.6 Å². The Kier molecular flexibility index (Phi) is 8.47. The fraction of sp³-hybridized carbons (Fsp3) is 0.406. The van der Waals surface area contributed by atoms with Gasteiger partial charge >= 0.3 is 17.0 Å². The van der Waals surface area contributed by atoms with Crippen LogP contribution in [0.25, 0.3) is 0 Å². The number of rotatable bonds is 9. The number of benzene rings is 2. The average molecular weight is 767 g/mol. The number of aliphatic carboxylic acids is 1. The van der Waals surface area contributed by atoms with Crippen LogP contribution in [0, 0.1) is 29.6 Å². The first-order valence-corrected chi connectivity index (χ1v) is 17.7. The number of fused-ring (bicyclic) bond motifs is 9. The number of imide groups is 1. The minimum Gasteiger partial charge on any atom is -0.483 e. The van der Waals surface area contributed by atoms with E-state index in [1.165, 1.54) is 28.8 Å². The van der Waals surface area contributed by atoms with Crippen LogP contribution in [0.4, 0.5) is 18.9 Å². The van der Waals surface area contributed by atoms with Crippen molar-refractivity contribution < 1.29 is 42.2 Å². The van der Waals surface area contributed by atoms with Gasteiger partial charge in [-0.1, -0.05) is 39.4 Å². The number of aromatic amines is 1. The number of nitrogens with one attached hydrogen (secondary N) is 2. The molecule has 2 saturated carbocycles. The van der Waals surface area contributed by atoms with E-state index in [0.717, 1.165) is 28.3 Å². The molecule has 48 heavy (non-hydrogen) atoms. The second-order valence-electron chi connectivity index (χ2n) is 12.3. The van der Waals surface area contributed by atoms with E-state index in [1.807, 2.05) is 6.07 Å². The zero-order chi connectivity index (χ0) is 34.1. The highest BCUT2D eigenvalue weighted by Crippen LogP contribution is 2.69. The summed E-state index contributed by atoms with van der Waals surface area (Å²) in [5.41, 5.74) is -0.745. The number of hydrogen-bond acceptors (Lipinski definition) is 8. The van der Waals surface area contributed by atoms with Crippen LogP contribution in [0.3, 0.4) is 0 Å². The molecule has 1 saturated heterocycles. The summed E-state index contributed by atoms with van der Waals surface area (Å²) >= 11 is 6.07. The molecule has 10 nitrogen and oxygen atoms in total. The number of thioether (sulfide) groups is 1. The summed E-state index contributed by atoms with van der Waals surface area (Å²) in [5.74, 6) is -4.14. The van der Waals surface area contributed by atoms with Gasteiger partial charge in [-0.25, -0.2) is 0 Å². The summed E-state index contributed by atoms with van der Waals surface area (Å²) in [6.07, 6.45) is -4.03. The monoisotopic (exact) mass is 765 g/mol. The number of aromatic nitrogens is 1. The fourth-order valence-electron chi connectivity index (χ4n) is 8.10. The quantitative estimate of drug-likeness (QED) is 0.240. The standard InChI is InChI=1S/C32H27BrF3N3O7S2/c33-13-7-8-19(46-12-20(40)37-18-5-2-1-4-17(18)32(34,35)36)14(10-13)22-23-15-11-16(26(23)47-28-27(22)48-31(45)38-28)25-24(15)29(43)39(30(25)44)9-3-6-21(41)42/h1-2,4-5,7-8,10,15-16,22-26H,3,6,9,11-12H2,(H,37,40)(H,38,45)(H,41,42)/t15?,16?,22-,23?,24?,25?,26?/m1/s1. The van der Waals surface area contributed by atoms with E-state index >= 15 is 0 Å². The second-order valence-corrected chi connectivity index (χ2v) is 15.5. The third-order valence-corrected chi connectivity index (χ3v) is 12.8. The molecule has 7 atom stereocenters. The van der Waals surface area contributed by atoms with Gasteiger partial charge in [-0.05, 0) is 60.9 Å². The molecule has 6 unspecified atom stereocenters. The Labute approximate surface area is 287 Å². The van der Waals surface area contributed by atoms with Gasteiger partial charge in [0, 0.05) is 39.0 Å². The van der Waals surface area contributed by atoms with E-state index < -0.39 is 53.7 Å². The van der Waals surface area contributed by atoms with Gasteiger partial charge in [-0.15, -0.1) is 11.8 Å². The molecule has 3 fully saturated rings. The lowest BCUT2D eigenvalue weighted by atomic mass is 9.68. The summed E-state index contributed by atoms with van der Waals surface area (Å²) in [4.78, 5) is 68.5. The minimum absolute atomic E-state index is 0.0438. The van der Waals surface area contributed by atoms with Crippen molar-refractivity contribution in [2.75, 3.05) is 18.5 Å². The van der Waals surface area contributed by atoms with Gasteiger partial charge < -0.3 is 20.1 Å². The maximum Gasteiger partial charge on any atom is 0.418 e. The van der Waals surface area contributed by atoms with Crippen LogP contribution in [0.5, 0.6) is 5.75 Å². The smallest absolute Gasteiger partial charge is 0.418 e. The van der Waals surface area contributed by atoms with Crippen LogP contribution >= 0.6 is 39.0 Å². The Balaban J connectivity index is 1.19. The SMILES string of the molecule is O=C(O)CCCN1C(=O)C2C3CC(C2C1=O)C1C3Sc2[nH]c(=O)sc2[C@@H]1c1cc(Br)ccc1OCC(=O)Nc1ccccc1C(F)(F)F. The van der Waals surface area contributed by atoms with Gasteiger partial charge in [0.1, 0.15) is 5.75 Å². The first-order chi connectivity index (χ1) is 22.8. The maximum absolute atomic E-state index is 13.7. The molecule has 2 aromatic carbocycles. The summed E-state index contributed by atoms with van der Waals surface area (Å²) in [6, 6.07) is 9.81. The van der Waals surface area contributed by atoms with E-state index in [9.17, 15) is 37.1 Å². The molecule has 2 aliphatic heterocycles. The molecule has 252 valence electrons. The first-order valence-electron chi connectivity index (χ1n) is 15.2. The van der Waals surface area contributed by atoms with Gasteiger partial charge in [0.05, 0.1) is 28.1 Å². The number of thiazole rings is 1. The van der Waals surface area contributed by atoms with Crippen LogP contribution in [-0.4, -0.2) is 57.1 Å². The number of alkyl halides is 3. The van der Waals surface area contributed by atoms with Crippen molar-refractivity contribution in [2.24, 2.45) is 29.6 Å². The van der Waals surface area contributed by atoms with Gasteiger partial charge in [0.15, 0.2) is 6.61 Å². The van der Waals surface area contributed by atoms with Crippen molar-refractivity contribution >= 4 is 68.4 Å². The Morgan fingerprint density at radius 1 is 1.08 bits per heavy atom. The normalized spacial score (nSPS) is 27.1. The number of anilines is 1. The number of nitrogens with zero attached hydrogens (tertiary/aromatic N) is 1. The third-order valence-electron chi connectivity index (χ3n) is 9.76. The number of halogens is 4. The van der Waals surface area contributed by atoms with E-state index in [-0.39, 0.29) is 59.1 Å². The van der Waals surface area contributed by atoms with Gasteiger partial charge in [0.25, 0.3) is 5.91 Å². The lowest BCUT2D eigenvalue weighted by Crippen LogP contribution is -2.42. The van der Waals surface area contributed by atoms with Gasteiger partial charge in [-0.3, -0.25) is 28.9 Å². The number of H-pyrrole nitrogens is 1.